The Kier molecular flexibility index (Phi) is 5.27. The highest BCUT2D eigenvalue weighted by atomic mass is 16.6. The van der Waals surface area contributed by atoms with Crippen molar-refractivity contribution in [2.75, 3.05) is 20.2 Å². The fraction of sp³-hybridized carbons (Fsp3) is 0.533. The Bertz CT molecular complexity index is 501. The average molecular weight is 292 g/mol. The second-order valence-corrected chi connectivity index (χ2v) is 5.24. The summed E-state index contributed by atoms with van der Waals surface area (Å²) in [7, 11) is 1.42. The summed E-state index contributed by atoms with van der Waals surface area (Å²) in [6, 6.07) is 6.43. The van der Waals surface area contributed by atoms with Crippen molar-refractivity contribution in [3.63, 3.8) is 0 Å². The van der Waals surface area contributed by atoms with Gasteiger partial charge in [-0.05, 0) is 31.4 Å². The first-order valence-electron chi connectivity index (χ1n) is 7.17. The number of hydrogen-bond donors (Lipinski definition) is 0. The minimum atomic E-state index is -0.401. The van der Waals surface area contributed by atoms with E-state index in [2.05, 4.69) is 4.90 Å². The van der Waals surface area contributed by atoms with Crippen molar-refractivity contribution in [3.8, 4) is 0 Å². The maximum atomic E-state index is 11.8. The zero-order chi connectivity index (χ0) is 15.2. The smallest absolute Gasteiger partial charge is 0.323 e. The van der Waals surface area contributed by atoms with Crippen molar-refractivity contribution in [2.45, 2.75) is 31.7 Å². The van der Waals surface area contributed by atoms with Crippen LogP contribution < -0.4 is 0 Å². The number of piperidine rings is 1. The third-order valence-electron chi connectivity index (χ3n) is 3.92. The Morgan fingerprint density at radius 1 is 1.38 bits per heavy atom. The van der Waals surface area contributed by atoms with Gasteiger partial charge < -0.3 is 4.74 Å². The Labute approximate surface area is 123 Å². The van der Waals surface area contributed by atoms with Gasteiger partial charge in [0.2, 0.25) is 0 Å². The van der Waals surface area contributed by atoms with Crippen molar-refractivity contribution in [2.24, 2.45) is 0 Å². The van der Waals surface area contributed by atoms with Crippen LogP contribution in [0.3, 0.4) is 0 Å². The van der Waals surface area contributed by atoms with E-state index in [0.29, 0.717) is 0 Å². The van der Waals surface area contributed by atoms with E-state index < -0.39 is 4.92 Å². The third-order valence-corrected chi connectivity index (χ3v) is 3.92. The first-order chi connectivity index (χ1) is 10.1. The van der Waals surface area contributed by atoms with Crippen molar-refractivity contribution in [1.29, 1.82) is 0 Å². The number of nitro groups is 1. The zero-order valence-corrected chi connectivity index (χ0v) is 12.2. The lowest BCUT2D eigenvalue weighted by Crippen LogP contribution is -2.46. The number of rotatable bonds is 5. The highest BCUT2D eigenvalue weighted by Gasteiger charge is 2.28. The van der Waals surface area contributed by atoms with Crippen LogP contribution in [0.4, 0.5) is 5.69 Å². The normalized spacial score (nSPS) is 19.2. The van der Waals surface area contributed by atoms with Gasteiger partial charge in [-0.1, -0.05) is 18.6 Å². The van der Waals surface area contributed by atoms with Crippen LogP contribution in [-0.2, 0) is 16.0 Å². The van der Waals surface area contributed by atoms with Crippen LogP contribution >= 0.6 is 0 Å². The molecule has 0 spiro atoms. The van der Waals surface area contributed by atoms with E-state index in [1.807, 2.05) is 0 Å². The minimum absolute atomic E-state index is 0.101. The highest BCUT2D eigenvalue weighted by molar-refractivity contribution is 5.75. The van der Waals surface area contributed by atoms with Gasteiger partial charge in [0.1, 0.15) is 6.04 Å². The van der Waals surface area contributed by atoms with Gasteiger partial charge in [0.05, 0.1) is 12.0 Å². The van der Waals surface area contributed by atoms with E-state index in [0.717, 1.165) is 44.3 Å². The lowest BCUT2D eigenvalue weighted by molar-refractivity contribution is -0.384. The first-order valence-corrected chi connectivity index (χ1v) is 7.17. The van der Waals surface area contributed by atoms with Crippen LogP contribution in [0, 0.1) is 10.1 Å². The molecule has 6 nitrogen and oxygen atoms in total. The average Bonchev–Trinajstić information content (AvgIpc) is 2.52. The van der Waals surface area contributed by atoms with E-state index in [1.54, 1.807) is 12.1 Å². The molecule has 0 unspecified atom stereocenters. The molecule has 0 amide bonds. The second kappa shape index (κ2) is 7.17. The molecule has 6 heteroatoms. The number of carbonyl (C=O) groups excluding carboxylic acids is 1. The standard InChI is InChI=1S/C15H20N2O4/c1-21-15(18)14-4-2-3-10-16(14)11-9-12-5-7-13(8-6-12)17(19)20/h5-8,14H,2-4,9-11H2,1H3/t14-/m1/s1. The highest BCUT2D eigenvalue weighted by Crippen LogP contribution is 2.19. The fourth-order valence-electron chi connectivity index (χ4n) is 2.72. The van der Waals surface area contributed by atoms with Gasteiger partial charge in [-0.3, -0.25) is 19.8 Å². The summed E-state index contributed by atoms with van der Waals surface area (Å²) in [5.41, 5.74) is 1.14. The number of ether oxygens (including phenoxy) is 1. The molecule has 0 aromatic heterocycles. The molecule has 0 saturated carbocycles. The molecule has 1 saturated heterocycles. The summed E-state index contributed by atoms with van der Waals surface area (Å²) in [6.45, 7) is 1.66. The monoisotopic (exact) mass is 292 g/mol. The molecule has 0 N–H and O–H groups in total. The molecular weight excluding hydrogens is 272 g/mol. The summed E-state index contributed by atoms with van der Waals surface area (Å²) in [6.07, 6.45) is 3.75. The molecule has 1 aromatic carbocycles. The van der Waals surface area contributed by atoms with E-state index in [4.69, 9.17) is 4.74 Å². The molecule has 0 aliphatic carbocycles. The third kappa shape index (κ3) is 4.01. The number of likely N-dealkylation sites (tertiary alicyclic amines) is 1. The van der Waals surface area contributed by atoms with Gasteiger partial charge in [-0.25, -0.2) is 0 Å². The molecule has 1 fully saturated rings. The van der Waals surface area contributed by atoms with Crippen LogP contribution in [0.5, 0.6) is 0 Å². The Morgan fingerprint density at radius 3 is 2.71 bits per heavy atom. The number of carbonyl (C=O) groups is 1. The van der Waals surface area contributed by atoms with E-state index in [1.165, 1.54) is 19.2 Å². The molecule has 1 aromatic rings. The summed E-state index contributed by atoms with van der Waals surface area (Å²) in [5, 5.41) is 10.6. The van der Waals surface area contributed by atoms with Gasteiger partial charge in [-0.15, -0.1) is 0 Å². The van der Waals surface area contributed by atoms with Gasteiger partial charge >= 0.3 is 5.97 Å². The minimum Gasteiger partial charge on any atom is -0.468 e. The molecule has 0 radical (unpaired) electrons. The molecule has 0 bridgehead atoms. The zero-order valence-electron chi connectivity index (χ0n) is 12.2. The summed E-state index contributed by atoms with van der Waals surface area (Å²) >= 11 is 0. The van der Waals surface area contributed by atoms with E-state index >= 15 is 0 Å². The van der Waals surface area contributed by atoms with Crippen molar-refractivity contribution in [1.82, 2.24) is 4.90 Å². The van der Waals surface area contributed by atoms with Gasteiger partial charge in [0.25, 0.3) is 5.69 Å². The molecule has 1 aliphatic heterocycles. The maximum absolute atomic E-state index is 11.8. The maximum Gasteiger partial charge on any atom is 0.323 e. The van der Waals surface area contributed by atoms with Crippen LogP contribution in [0.25, 0.3) is 0 Å². The Balaban J connectivity index is 1.94. The number of benzene rings is 1. The van der Waals surface area contributed by atoms with Crippen LogP contribution in [-0.4, -0.2) is 42.0 Å². The SMILES string of the molecule is COC(=O)[C@H]1CCCCN1CCc1ccc([N+](=O)[O-])cc1. The number of nitro benzene ring substituents is 1. The lowest BCUT2D eigenvalue weighted by Gasteiger charge is -2.33. The van der Waals surface area contributed by atoms with Crippen molar-refractivity contribution in [3.05, 3.63) is 39.9 Å². The van der Waals surface area contributed by atoms with Crippen LogP contribution in [0.1, 0.15) is 24.8 Å². The van der Waals surface area contributed by atoms with E-state index in [9.17, 15) is 14.9 Å². The number of nitrogens with zero attached hydrogens (tertiary/aromatic N) is 2. The summed E-state index contributed by atoms with van der Waals surface area (Å²) in [4.78, 5) is 24.1. The lowest BCUT2D eigenvalue weighted by atomic mass is 10.0. The number of methoxy groups -OCH3 is 1. The molecule has 1 heterocycles. The number of hydrogen-bond acceptors (Lipinski definition) is 5. The predicted molar refractivity (Wildman–Crippen MR) is 78.0 cm³/mol. The number of non-ortho nitro benzene ring substituents is 1. The molecule has 2 rings (SSSR count). The summed E-state index contributed by atoms with van der Waals surface area (Å²) < 4.78 is 4.86. The second-order valence-electron chi connectivity index (χ2n) is 5.24. The summed E-state index contributed by atoms with van der Waals surface area (Å²) in [5.74, 6) is -0.168. The van der Waals surface area contributed by atoms with Crippen LogP contribution in [0.2, 0.25) is 0 Å². The molecule has 1 aliphatic rings. The molecular formula is C15H20N2O4. The fourth-order valence-corrected chi connectivity index (χ4v) is 2.72. The van der Waals surface area contributed by atoms with Crippen molar-refractivity contribution < 1.29 is 14.5 Å². The predicted octanol–water partition coefficient (Wildman–Crippen LogP) is 2.16. The topological polar surface area (TPSA) is 72.7 Å². The Morgan fingerprint density at radius 2 is 2.10 bits per heavy atom. The molecule has 114 valence electrons. The quantitative estimate of drug-likeness (QED) is 0.472. The van der Waals surface area contributed by atoms with Crippen LogP contribution in [0.15, 0.2) is 24.3 Å². The number of esters is 1. The molecule has 1 atom stereocenters. The van der Waals surface area contributed by atoms with Crippen molar-refractivity contribution >= 4 is 11.7 Å². The van der Waals surface area contributed by atoms with E-state index in [-0.39, 0.29) is 17.7 Å². The van der Waals surface area contributed by atoms with Gasteiger partial charge in [-0.2, -0.15) is 0 Å². The van der Waals surface area contributed by atoms with Gasteiger partial charge in [0, 0.05) is 18.7 Å². The largest absolute Gasteiger partial charge is 0.468 e. The molecule has 21 heavy (non-hydrogen) atoms. The van der Waals surface area contributed by atoms with Gasteiger partial charge in [0.15, 0.2) is 0 Å². The Hall–Kier alpha value is -1.95. The first kappa shape index (κ1) is 15.4.